The van der Waals surface area contributed by atoms with Crippen LogP contribution in [0.15, 0.2) is 0 Å². The average Bonchev–Trinajstić information content (AvgIpc) is 2.61. The van der Waals surface area contributed by atoms with Crippen molar-refractivity contribution in [3.63, 3.8) is 0 Å². The lowest BCUT2D eigenvalue weighted by atomic mass is 9.89. The first-order valence-corrected chi connectivity index (χ1v) is 7.35. The van der Waals surface area contributed by atoms with Gasteiger partial charge in [-0.15, -0.1) is 0 Å². The van der Waals surface area contributed by atoms with Gasteiger partial charge in [-0.2, -0.15) is 0 Å². The van der Waals surface area contributed by atoms with Crippen molar-refractivity contribution in [3.05, 3.63) is 0 Å². The van der Waals surface area contributed by atoms with Crippen LogP contribution in [0.5, 0.6) is 0 Å². The summed E-state index contributed by atoms with van der Waals surface area (Å²) in [6.45, 7) is 4.03. The molecule has 0 aromatic heterocycles. The van der Waals surface area contributed by atoms with Crippen LogP contribution in [0.3, 0.4) is 0 Å². The summed E-state index contributed by atoms with van der Waals surface area (Å²) in [4.78, 5) is 11.7. The third-order valence-electron chi connectivity index (χ3n) is 4.07. The van der Waals surface area contributed by atoms with E-state index in [-0.39, 0.29) is 25.3 Å². The van der Waals surface area contributed by atoms with Crippen LogP contribution in [0.1, 0.15) is 46.0 Å². The van der Waals surface area contributed by atoms with E-state index in [2.05, 4.69) is 24.5 Å². The van der Waals surface area contributed by atoms with Gasteiger partial charge < -0.3 is 20.8 Å². The minimum atomic E-state index is -0.575. The minimum Gasteiger partial charge on any atom is -0.394 e. The molecule has 0 aromatic rings. The first kappa shape index (κ1) is 16.2. The van der Waals surface area contributed by atoms with Crippen LogP contribution < -0.4 is 10.6 Å². The molecular weight excluding hydrogens is 244 g/mol. The zero-order valence-electron chi connectivity index (χ0n) is 12.1. The number of urea groups is 1. The monoisotopic (exact) mass is 272 g/mol. The topological polar surface area (TPSA) is 81.6 Å². The van der Waals surface area contributed by atoms with Crippen molar-refractivity contribution in [1.29, 1.82) is 0 Å². The molecule has 19 heavy (non-hydrogen) atoms. The Labute approximate surface area is 115 Å². The van der Waals surface area contributed by atoms with E-state index in [1.165, 1.54) is 6.42 Å². The van der Waals surface area contributed by atoms with Gasteiger partial charge in [-0.05, 0) is 31.1 Å². The van der Waals surface area contributed by atoms with Crippen LogP contribution in [0.25, 0.3) is 0 Å². The zero-order chi connectivity index (χ0) is 14.3. The molecule has 0 heterocycles. The lowest BCUT2D eigenvalue weighted by molar-refractivity contribution is 0.167. The molecule has 0 saturated heterocycles. The number of amides is 2. The van der Waals surface area contributed by atoms with Crippen LogP contribution in [-0.4, -0.2) is 41.5 Å². The average molecular weight is 272 g/mol. The molecule has 0 unspecified atom stereocenters. The Morgan fingerprint density at radius 2 is 1.84 bits per heavy atom. The Morgan fingerprint density at radius 1 is 1.16 bits per heavy atom. The molecule has 5 nitrogen and oxygen atoms in total. The van der Waals surface area contributed by atoms with E-state index in [0.717, 1.165) is 31.6 Å². The van der Waals surface area contributed by atoms with Crippen molar-refractivity contribution in [2.45, 2.75) is 58.0 Å². The van der Waals surface area contributed by atoms with Crippen molar-refractivity contribution in [1.82, 2.24) is 10.6 Å². The van der Waals surface area contributed by atoms with Crippen LogP contribution in [0.4, 0.5) is 4.79 Å². The van der Waals surface area contributed by atoms with Gasteiger partial charge in [-0.1, -0.05) is 26.7 Å². The standard InChI is InChI=1S/C14H28N2O3/c1-10(2)11-4-3-5-12(7-6-11)15-14(19)16-13(8-17)9-18/h10-13,17-18H,3-9H2,1-2H3,(H2,15,16,19)/t11-,12-/m1/s1. The smallest absolute Gasteiger partial charge is 0.315 e. The zero-order valence-corrected chi connectivity index (χ0v) is 12.1. The molecule has 0 radical (unpaired) electrons. The number of nitrogens with one attached hydrogen (secondary N) is 2. The maximum atomic E-state index is 11.7. The summed E-state index contributed by atoms with van der Waals surface area (Å²) in [5, 5.41) is 23.4. The molecule has 5 heteroatoms. The second kappa shape index (κ2) is 8.38. The number of aliphatic hydroxyl groups excluding tert-OH is 2. The molecule has 0 aromatic carbocycles. The molecule has 2 amide bonds. The quantitative estimate of drug-likeness (QED) is 0.568. The highest BCUT2D eigenvalue weighted by Crippen LogP contribution is 2.28. The number of hydrogen-bond acceptors (Lipinski definition) is 3. The summed E-state index contributed by atoms with van der Waals surface area (Å²) < 4.78 is 0. The van der Waals surface area contributed by atoms with Gasteiger partial charge in [0.15, 0.2) is 0 Å². The Morgan fingerprint density at radius 3 is 2.42 bits per heavy atom. The van der Waals surface area contributed by atoms with E-state index < -0.39 is 6.04 Å². The third-order valence-corrected chi connectivity index (χ3v) is 4.07. The summed E-state index contributed by atoms with van der Waals surface area (Å²) >= 11 is 0. The molecule has 1 aliphatic carbocycles. The van der Waals surface area contributed by atoms with E-state index in [1.54, 1.807) is 0 Å². The molecule has 1 fully saturated rings. The maximum Gasteiger partial charge on any atom is 0.315 e. The van der Waals surface area contributed by atoms with Crippen molar-refractivity contribution in [3.8, 4) is 0 Å². The number of carbonyl (C=O) groups excluding carboxylic acids is 1. The Kier molecular flexibility index (Phi) is 7.16. The summed E-state index contributed by atoms with van der Waals surface area (Å²) in [5.74, 6) is 1.47. The third kappa shape index (κ3) is 5.78. The molecule has 0 spiro atoms. The van der Waals surface area contributed by atoms with Crippen LogP contribution in [-0.2, 0) is 0 Å². The number of aliphatic hydroxyl groups is 2. The van der Waals surface area contributed by atoms with Crippen LogP contribution in [0, 0.1) is 11.8 Å². The van der Waals surface area contributed by atoms with E-state index in [4.69, 9.17) is 10.2 Å². The first-order valence-electron chi connectivity index (χ1n) is 7.35. The summed E-state index contributed by atoms with van der Waals surface area (Å²) in [7, 11) is 0. The van der Waals surface area contributed by atoms with Gasteiger partial charge in [0.05, 0.1) is 19.3 Å². The lowest BCUT2D eigenvalue weighted by Gasteiger charge is -2.20. The lowest BCUT2D eigenvalue weighted by Crippen LogP contribution is -2.48. The highest BCUT2D eigenvalue weighted by molar-refractivity contribution is 5.74. The molecule has 0 bridgehead atoms. The largest absolute Gasteiger partial charge is 0.394 e. The van der Waals surface area contributed by atoms with Gasteiger partial charge in [0.1, 0.15) is 0 Å². The number of rotatable bonds is 5. The molecule has 1 saturated carbocycles. The Bertz CT molecular complexity index is 267. The van der Waals surface area contributed by atoms with Crippen molar-refractivity contribution < 1.29 is 15.0 Å². The fraction of sp³-hybridized carbons (Fsp3) is 0.929. The fourth-order valence-corrected chi connectivity index (χ4v) is 2.70. The van der Waals surface area contributed by atoms with Gasteiger partial charge in [-0.25, -0.2) is 4.79 Å². The fourth-order valence-electron chi connectivity index (χ4n) is 2.70. The second-order valence-electron chi connectivity index (χ2n) is 5.89. The number of carbonyl (C=O) groups is 1. The van der Waals surface area contributed by atoms with Gasteiger partial charge in [-0.3, -0.25) is 0 Å². The molecule has 2 atom stereocenters. The highest BCUT2D eigenvalue weighted by Gasteiger charge is 2.22. The van der Waals surface area contributed by atoms with E-state index in [1.807, 2.05) is 0 Å². The molecular formula is C14H28N2O3. The second-order valence-corrected chi connectivity index (χ2v) is 5.89. The predicted molar refractivity (Wildman–Crippen MR) is 74.8 cm³/mol. The van der Waals surface area contributed by atoms with Crippen molar-refractivity contribution >= 4 is 6.03 Å². The first-order chi connectivity index (χ1) is 9.06. The SMILES string of the molecule is CC(C)[C@@H]1CCC[C@@H](NC(=O)NC(CO)CO)CC1. The van der Waals surface area contributed by atoms with E-state index in [9.17, 15) is 4.79 Å². The summed E-state index contributed by atoms with van der Waals surface area (Å²) in [6.07, 6.45) is 5.58. The Balaban J connectivity index is 2.34. The van der Waals surface area contributed by atoms with Crippen molar-refractivity contribution in [2.75, 3.05) is 13.2 Å². The molecule has 1 rings (SSSR count). The summed E-state index contributed by atoms with van der Waals surface area (Å²) in [6, 6.07) is -0.655. The van der Waals surface area contributed by atoms with Crippen LogP contribution in [0.2, 0.25) is 0 Å². The summed E-state index contributed by atoms with van der Waals surface area (Å²) in [5.41, 5.74) is 0. The highest BCUT2D eigenvalue weighted by atomic mass is 16.3. The van der Waals surface area contributed by atoms with Gasteiger partial charge in [0, 0.05) is 6.04 Å². The van der Waals surface area contributed by atoms with Gasteiger partial charge >= 0.3 is 6.03 Å². The van der Waals surface area contributed by atoms with Crippen molar-refractivity contribution in [2.24, 2.45) is 11.8 Å². The molecule has 1 aliphatic rings. The normalized spacial score (nSPS) is 24.3. The maximum absolute atomic E-state index is 11.7. The molecule has 4 N–H and O–H groups in total. The van der Waals surface area contributed by atoms with E-state index in [0.29, 0.717) is 5.92 Å². The molecule has 0 aliphatic heterocycles. The minimum absolute atomic E-state index is 0.210. The predicted octanol–water partition coefficient (Wildman–Crippen LogP) is 1.24. The van der Waals surface area contributed by atoms with Gasteiger partial charge in [0.25, 0.3) is 0 Å². The Hall–Kier alpha value is -0.810. The van der Waals surface area contributed by atoms with Crippen LogP contribution >= 0.6 is 0 Å². The van der Waals surface area contributed by atoms with Gasteiger partial charge in [0.2, 0.25) is 0 Å². The number of hydrogen-bond donors (Lipinski definition) is 4. The van der Waals surface area contributed by atoms with E-state index >= 15 is 0 Å². The molecule has 112 valence electrons.